The molecule has 4 aromatic rings. The zero-order valence-corrected chi connectivity index (χ0v) is 24.5. The third-order valence-electron chi connectivity index (χ3n) is 9.32. The van der Waals surface area contributed by atoms with E-state index in [0.29, 0.717) is 28.4 Å². The van der Waals surface area contributed by atoms with Crippen LogP contribution >= 0.6 is 0 Å². The summed E-state index contributed by atoms with van der Waals surface area (Å²) in [6.45, 7) is 4.34. The molecule has 5 nitrogen and oxygen atoms in total. The molecule has 7 rings (SSSR count). The van der Waals surface area contributed by atoms with Crippen LogP contribution in [0.15, 0.2) is 103 Å². The first kappa shape index (κ1) is 27.1. The van der Waals surface area contributed by atoms with Crippen LogP contribution in [0.3, 0.4) is 0 Å². The first-order valence-electron chi connectivity index (χ1n) is 14.9. The Morgan fingerprint density at radius 2 is 1.53 bits per heavy atom. The number of ketones is 3. The molecule has 0 radical (unpaired) electrons. The van der Waals surface area contributed by atoms with Gasteiger partial charge in [0.05, 0.1) is 13.2 Å². The maximum absolute atomic E-state index is 14.9. The number of carbonyl (C=O) groups excluding carboxylic acids is 3. The number of hydrogen-bond donors (Lipinski definition) is 0. The van der Waals surface area contributed by atoms with Gasteiger partial charge in [-0.25, -0.2) is 0 Å². The van der Waals surface area contributed by atoms with Gasteiger partial charge in [-0.2, -0.15) is 0 Å². The van der Waals surface area contributed by atoms with Crippen molar-refractivity contribution in [1.82, 2.24) is 0 Å². The average Bonchev–Trinajstić information content (AvgIpc) is 3.47. The van der Waals surface area contributed by atoms with Gasteiger partial charge in [0.1, 0.15) is 17.2 Å². The molecule has 3 aliphatic rings. The van der Waals surface area contributed by atoms with E-state index in [1.807, 2.05) is 89.8 Å². The molecule has 1 aliphatic carbocycles. The molecule has 43 heavy (non-hydrogen) atoms. The summed E-state index contributed by atoms with van der Waals surface area (Å²) < 4.78 is 5.60. The monoisotopic (exact) mass is 567 g/mol. The zero-order chi connectivity index (χ0) is 29.9. The lowest BCUT2D eigenvalue weighted by Crippen LogP contribution is -2.48. The highest BCUT2D eigenvalue weighted by Crippen LogP contribution is 2.61. The van der Waals surface area contributed by atoms with E-state index in [1.54, 1.807) is 31.4 Å². The lowest BCUT2D eigenvalue weighted by Gasteiger charge is -2.37. The summed E-state index contributed by atoms with van der Waals surface area (Å²) in [5, 5.41) is 0. The summed E-state index contributed by atoms with van der Waals surface area (Å²) in [6.07, 6.45) is 4.86. The molecule has 3 atom stereocenters. The number of fused-ring (bicyclic) bond motifs is 5. The molecule has 1 fully saturated rings. The Balaban J connectivity index is 1.49. The number of hydrogen-bond acceptors (Lipinski definition) is 5. The van der Waals surface area contributed by atoms with Gasteiger partial charge in [0, 0.05) is 28.3 Å². The van der Waals surface area contributed by atoms with Gasteiger partial charge in [0.25, 0.3) is 0 Å². The molecule has 3 unspecified atom stereocenters. The van der Waals surface area contributed by atoms with Crippen molar-refractivity contribution in [2.75, 3.05) is 12.0 Å². The first-order valence-corrected chi connectivity index (χ1v) is 14.9. The minimum Gasteiger partial charge on any atom is -0.497 e. The molecular formula is C38H33NO4. The second kappa shape index (κ2) is 10.2. The molecule has 0 bridgehead atoms. The number of Topliss-reactive ketones (excluding diaryl/α,β-unsaturated/α-hetero) is 3. The Bertz CT molecular complexity index is 1770. The van der Waals surface area contributed by atoms with Gasteiger partial charge in [-0.05, 0) is 47.2 Å². The predicted molar refractivity (Wildman–Crippen MR) is 168 cm³/mol. The molecule has 0 N–H and O–H groups in total. The highest BCUT2D eigenvalue weighted by Gasteiger charge is 2.71. The molecule has 0 saturated carbocycles. The maximum atomic E-state index is 14.9. The molecular weight excluding hydrogens is 534 g/mol. The van der Waals surface area contributed by atoms with Gasteiger partial charge in [-0.3, -0.25) is 14.4 Å². The number of benzene rings is 4. The van der Waals surface area contributed by atoms with Crippen molar-refractivity contribution in [3.05, 3.63) is 137 Å². The molecule has 2 aliphatic heterocycles. The molecule has 1 saturated heterocycles. The predicted octanol–water partition coefficient (Wildman–Crippen LogP) is 7.21. The maximum Gasteiger partial charge on any atom is 0.185 e. The van der Waals surface area contributed by atoms with Crippen LogP contribution in [0.25, 0.3) is 6.08 Å². The van der Waals surface area contributed by atoms with Gasteiger partial charge in [-0.15, -0.1) is 0 Å². The number of ether oxygens (including phenoxy) is 1. The molecule has 5 heteroatoms. The van der Waals surface area contributed by atoms with Crippen LogP contribution in [0.4, 0.5) is 5.69 Å². The molecule has 4 aromatic carbocycles. The smallest absolute Gasteiger partial charge is 0.185 e. The topological polar surface area (TPSA) is 63.7 Å². The third-order valence-corrected chi connectivity index (χ3v) is 9.32. The van der Waals surface area contributed by atoms with E-state index in [4.69, 9.17) is 4.74 Å². The Labute approximate surface area is 251 Å². The van der Waals surface area contributed by atoms with Crippen LogP contribution in [0, 0.1) is 11.3 Å². The van der Waals surface area contributed by atoms with E-state index in [-0.39, 0.29) is 17.3 Å². The third kappa shape index (κ3) is 3.94. The fraction of sp³-hybridized carbons (Fsp3) is 0.237. The summed E-state index contributed by atoms with van der Waals surface area (Å²) in [4.78, 5) is 46.5. The van der Waals surface area contributed by atoms with Crippen molar-refractivity contribution >= 4 is 29.1 Å². The number of nitrogens with zero attached hydrogens (tertiary/aromatic N) is 1. The fourth-order valence-corrected chi connectivity index (χ4v) is 7.57. The van der Waals surface area contributed by atoms with Gasteiger partial charge in [-0.1, -0.05) is 105 Å². The second-order valence-corrected chi connectivity index (χ2v) is 12.2. The van der Waals surface area contributed by atoms with Crippen molar-refractivity contribution in [1.29, 1.82) is 0 Å². The number of anilines is 1. The van der Waals surface area contributed by atoms with Crippen LogP contribution in [-0.4, -0.2) is 36.5 Å². The summed E-state index contributed by atoms with van der Waals surface area (Å²) in [5.74, 6) is -0.253. The van der Waals surface area contributed by atoms with E-state index in [1.165, 1.54) is 5.56 Å². The Morgan fingerprint density at radius 3 is 2.21 bits per heavy atom. The van der Waals surface area contributed by atoms with Gasteiger partial charge >= 0.3 is 0 Å². The SMILES string of the molecule is COc1cccc(C2C(C(=O)c3ccc(CC(C)C)cc3)N3c4ccccc4C=CC3C23C(=O)c2ccccc2C3=O)c1. The van der Waals surface area contributed by atoms with Crippen LogP contribution in [0.1, 0.15) is 67.5 Å². The van der Waals surface area contributed by atoms with Crippen molar-refractivity contribution < 1.29 is 19.1 Å². The minimum atomic E-state index is -1.53. The van der Waals surface area contributed by atoms with Crippen LogP contribution in [-0.2, 0) is 6.42 Å². The zero-order valence-electron chi connectivity index (χ0n) is 24.5. The molecule has 0 amide bonds. The first-order chi connectivity index (χ1) is 20.9. The van der Waals surface area contributed by atoms with Crippen molar-refractivity contribution in [2.45, 2.75) is 38.3 Å². The number of carbonyl (C=O) groups is 3. The molecule has 214 valence electrons. The molecule has 2 heterocycles. The largest absolute Gasteiger partial charge is 0.497 e. The van der Waals surface area contributed by atoms with E-state index in [0.717, 1.165) is 23.2 Å². The van der Waals surface area contributed by atoms with E-state index in [2.05, 4.69) is 13.8 Å². The van der Waals surface area contributed by atoms with Crippen LogP contribution in [0.2, 0.25) is 0 Å². The summed E-state index contributed by atoms with van der Waals surface area (Å²) in [6, 6.07) is 28.8. The number of rotatable bonds is 6. The van der Waals surface area contributed by atoms with Crippen molar-refractivity contribution in [3.63, 3.8) is 0 Å². The summed E-state index contributed by atoms with van der Waals surface area (Å²) >= 11 is 0. The average molecular weight is 568 g/mol. The van der Waals surface area contributed by atoms with E-state index < -0.39 is 23.4 Å². The van der Waals surface area contributed by atoms with E-state index in [9.17, 15) is 14.4 Å². The van der Waals surface area contributed by atoms with Crippen LogP contribution < -0.4 is 9.64 Å². The second-order valence-electron chi connectivity index (χ2n) is 12.2. The number of methoxy groups -OCH3 is 1. The Hall–Kier alpha value is -4.77. The van der Waals surface area contributed by atoms with Gasteiger partial charge in [0.2, 0.25) is 0 Å². The quantitative estimate of drug-likeness (QED) is 0.182. The summed E-state index contributed by atoms with van der Waals surface area (Å²) in [7, 11) is 1.59. The fourth-order valence-electron chi connectivity index (χ4n) is 7.57. The van der Waals surface area contributed by atoms with Crippen molar-refractivity contribution in [3.8, 4) is 5.75 Å². The van der Waals surface area contributed by atoms with Crippen LogP contribution in [0.5, 0.6) is 5.75 Å². The highest BCUT2D eigenvalue weighted by atomic mass is 16.5. The van der Waals surface area contributed by atoms with Crippen molar-refractivity contribution in [2.24, 2.45) is 11.3 Å². The highest BCUT2D eigenvalue weighted by molar-refractivity contribution is 6.32. The minimum absolute atomic E-state index is 0.118. The lowest BCUT2D eigenvalue weighted by atomic mass is 9.64. The lowest BCUT2D eigenvalue weighted by molar-refractivity contribution is 0.0665. The molecule has 1 spiro atoms. The standard InChI is InChI=1S/C38H33NO4/c1-23(2)21-24-15-17-26(18-16-24)35(40)34-33(27-10-8-11-28(22-27)43-3)38(36(41)29-12-5-6-13-30(29)37(38)42)32-20-19-25-9-4-7-14-31(25)39(32)34/h4-20,22-23,32-34H,21H2,1-3H3. The Morgan fingerprint density at radius 1 is 0.860 bits per heavy atom. The molecule has 0 aromatic heterocycles. The van der Waals surface area contributed by atoms with E-state index >= 15 is 0 Å². The summed E-state index contributed by atoms with van der Waals surface area (Å²) in [5.41, 5.74) is 3.54. The normalized spacial score (nSPS) is 21.2. The Kier molecular flexibility index (Phi) is 6.42. The van der Waals surface area contributed by atoms with Gasteiger partial charge < -0.3 is 9.64 Å². The number of para-hydroxylation sites is 1. The van der Waals surface area contributed by atoms with Gasteiger partial charge in [0.15, 0.2) is 17.3 Å².